The standard InChI is InChI=1S/C14H14N2O4S/c1-11-9-13(20-16-11)10-15-21(18,19)14-7-3-2-5-12(14)6-4-8-17/h2-3,5,7,9,15,17H,8,10H2,1H3. The summed E-state index contributed by atoms with van der Waals surface area (Å²) >= 11 is 0. The first-order valence-corrected chi connectivity index (χ1v) is 7.62. The van der Waals surface area contributed by atoms with E-state index in [0.29, 0.717) is 17.0 Å². The Morgan fingerprint density at radius 2 is 2.14 bits per heavy atom. The SMILES string of the molecule is Cc1cc(CNS(=O)(=O)c2ccccc2C#CCO)on1. The summed E-state index contributed by atoms with van der Waals surface area (Å²) in [5.74, 6) is 5.48. The number of hydrogen-bond donors (Lipinski definition) is 2. The van der Waals surface area contributed by atoms with Gasteiger partial charge in [-0.3, -0.25) is 0 Å². The molecule has 0 saturated heterocycles. The third-order valence-electron chi connectivity index (χ3n) is 2.59. The van der Waals surface area contributed by atoms with E-state index in [1.165, 1.54) is 6.07 Å². The summed E-state index contributed by atoms with van der Waals surface area (Å²) in [6.45, 7) is 1.42. The van der Waals surface area contributed by atoms with Crippen molar-refractivity contribution in [1.29, 1.82) is 0 Å². The van der Waals surface area contributed by atoms with Crippen LogP contribution >= 0.6 is 0 Å². The summed E-state index contributed by atoms with van der Waals surface area (Å²) in [6, 6.07) is 7.97. The van der Waals surface area contributed by atoms with Crippen molar-refractivity contribution in [3.63, 3.8) is 0 Å². The van der Waals surface area contributed by atoms with Gasteiger partial charge in [0.2, 0.25) is 10.0 Å². The van der Waals surface area contributed by atoms with Gasteiger partial charge in [0.15, 0.2) is 5.76 Å². The van der Waals surface area contributed by atoms with Crippen molar-refractivity contribution in [3.05, 3.63) is 47.3 Å². The second-order valence-electron chi connectivity index (χ2n) is 4.22. The molecule has 2 aromatic rings. The zero-order valence-corrected chi connectivity index (χ0v) is 12.1. The van der Waals surface area contributed by atoms with Crippen molar-refractivity contribution in [2.24, 2.45) is 0 Å². The Bertz CT molecular complexity index is 785. The first kappa shape index (κ1) is 15.3. The molecule has 0 aliphatic heterocycles. The maximum atomic E-state index is 12.3. The van der Waals surface area contributed by atoms with Crippen molar-refractivity contribution < 1.29 is 18.0 Å². The van der Waals surface area contributed by atoms with E-state index in [1.807, 2.05) is 0 Å². The first-order valence-electron chi connectivity index (χ1n) is 6.13. The Morgan fingerprint density at radius 3 is 2.81 bits per heavy atom. The number of nitrogens with one attached hydrogen (secondary N) is 1. The van der Waals surface area contributed by atoms with Crippen LogP contribution in [0.15, 0.2) is 39.8 Å². The number of nitrogens with zero attached hydrogens (tertiary/aromatic N) is 1. The van der Waals surface area contributed by atoms with Crippen LogP contribution in [0.1, 0.15) is 17.0 Å². The molecule has 0 bridgehead atoms. The van der Waals surface area contributed by atoms with E-state index < -0.39 is 10.0 Å². The third-order valence-corrected chi connectivity index (χ3v) is 4.05. The van der Waals surface area contributed by atoms with Crippen LogP contribution in [0.2, 0.25) is 0 Å². The highest BCUT2D eigenvalue weighted by Crippen LogP contribution is 2.15. The number of aliphatic hydroxyl groups is 1. The van der Waals surface area contributed by atoms with Crippen molar-refractivity contribution >= 4 is 10.0 Å². The van der Waals surface area contributed by atoms with Crippen molar-refractivity contribution in [1.82, 2.24) is 9.88 Å². The van der Waals surface area contributed by atoms with Gasteiger partial charge in [0, 0.05) is 11.6 Å². The minimum atomic E-state index is -3.73. The van der Waals surface area contributed by atoms with Crippen LogP contribution < -0.4 is 4.72 Å². The number of aromatic nitrogens is 1. The summed E-state index contributed by atoms with van der Waals surface area (Å²) in [6.07, 6.45) is 0. The van der Waals surface area contributed by atoms with E-state index in [0.717, 1.165) is 0 Å². The molecule has 0 spiro atoms. The number of benzene rings is 1. The topological polar surface area (TPSA) is 92.4 Å². The first-order chi connectivity index (χ1) is 10.0. The molecule has 0 radical (unpaired) electrons. The zero-order valence-electron chi connectivity index (χ0n) is 11.3. The van der Waals surface area contributed by atoms with Gasteiger partial charge in [-0.25, -0.2) is 13.1 Å². The second kappa shape index (κ2) is 6.54. The number of rotatable bonds is 4. The molecule has 0 amide bonds. The summed E-state index contributed by atoms with van der Waals surface area (Å²) in [4.78, 5) is 0.0576. The summed E-state index contributed by atoms with van der Waals surface area (Å²) < 4.78 is 32.0. The highest BCUT2D eigenvalue weighted by atomic mass is 32.2. The predicted octanol–water partition coefficient (Wildman–Crippen LogP) is 0.805. The molecular formula is C14H14N2O4S. The molecule has 0 aliphatic carbocycles. The molecule has 0 unspecified atom stereocenters. The Kier molecular flexibility index (Phi) is 4.75. The molecule has 7 heteroatoms. The van der Waals surface area contributed by atoms with E-state index in [2.05, 4.69) is 21.7 Å². The van der Waals surface area contributed by atoms with Gasteiger partial charge in [-0.15, -0.1) is 0 Å². The fourth-order valence-corrected chi connectivity index (χ4v) is 2.84. The maximum Gasteiger partial charge on any atom is 0.242 e. The fourth-order valence-electron chi connectivity index (χ4n) is 1.68. The normalized spacial score (nSPS) is 11.0. The maximum absolute atomic E-state index is 12.3. The largest absolute Gasteiger partial charge is 0.384 e. The van der Waals surface area contributed by atoms with Crippen LogP contribution in [0.25, 0.3) is 0 Å². The van der Waals surface area contributed by atoms with Crippen LogP contribution in [-0.4, -0.2) is 25.3 Å². The van der Waals surface area contributed by atoms with Gasteiger partial charge in [-0.05, 0) is 19.1 Å². The lowest BCUT2D eigenvalue weighted by Crippen LogP contribution is -2.23. The van der Waals surface area contributed by atoms with Crippen LogP contribution in [-0.2, 0) is 16.6 Å². The van der Waals surface area contributed by atoms with Crippen LogP contribution in [0.4, 0.5) is 0 Å². The lowest BCUT2D eigenvalue weighted by Gasteiger charge is -2.07. The molecular weight excluding hydrogens is 292 g/mol. The molecule has 2 N–H and O–H groups in total. The number of hydrogen-bond acceptors (Lipinski definition) is 5. The summed E-state index contributed by atoms with van der Waals surface area (Å²) in [5, 5.41) is 12.4. The Labute approximate surface area is 122 Å². The van der Waals surface area contributed by atoms with Gasteiger partial charge in [-0.1, -0.05) is 29.1 Å². The van der Waals surface area contributed by atoms with Gasteiger partial charge >= 0.3 is 0 Å². The molecule has 1 aromatic heterocycles. The van der Waals surface area contributed by atoms with Crippen molar-refractivity contribution in [2.45, 2.75) is 18.4 Å². The van der Waals surface area contributed by atoms with E-state index in [1.54, 1.807) is 31.2 Å². The Morgan fingerprint density at radius 1 is 1.38 bits per heavy atom. The summed E-state index contributed by atoms with van der Waals surface area (Å²) in [5.41, 5.74) is 1.01. The van der Waals surface area contributed by atoms with Gasteiger partial charge in [0.1, 0.15) is 6.61 Å². The van der Waals surface area contributed by atoms with Gasteiger partial charge in [0.25, 0.3) is 0 Å². The Hall–Kier alpha value is -2.14. The van der Waals surface area contributed by atoms with Crippen molar-refractivity contribution in [2.75, 3.05) is 6.61 Å². The van der Waals surface area contributed by atoms with E-state index >= 15 is 0 Å². The molecule has 21 heavy (non-hydrogen) atoms. The second-order valence-corrected chi connectivity index (χ2v) is 5.95. The fraction of sp³-hybridized carbons (Fsp3) is 0.214. The van der Waals surface area contributed by atoms with Gasteiger partial charge in [-0.2, -0.15) is 0 Å². The number of aliphatic hydroxyl groups excluding tert-OH is 1. The van der Waals surface area contributed by atoms with Crippen LogP contribution in [0.3, 0.4) is 0 Å². The highest BCUT2D eigenvalue weighted by molar-refractivity contribution is 7.89. The molecule has 6 nitrogen and oxygen atoms in total. The lowest BCUT2D eigenvalue weighted by molar-refractivity contribution is 0.350. The quantitative estimate of drug-likeness (QED) is 0.815. The van der Waals surface area contributed by atoms with E-state index in [-0.39, 0.29) is 18.0 Å². The molecule has 1 heterocycles. The summed E-state index contributed by atoms with van der Waals surface area (Å²) in [7, 11) is -3.73. The highest BCUT2D eigenvalue weighted by Gasteiger charge is 2.17. The van der Waals surface area contributed by atoms with E-state index in [9.17, 15) is 8.42 Å². The van der Waals surface area contributed by atoms with Gasteiger partial charge in [0.05, 0.1) is 17.1 Å². The minimum Gasteiger partial charge on any atom is -0.384 e. The van der Waals surface area contributed by atoms with E-state index in [4.69, 9.17) is 9.63 Å². The molecule has 1 aromatic carbocycles. The molecule has 0 saturated carbocycles. The molecule has 0 aliphatic rings. The van der Waals surface area contributed by atoms with Crippen LogP contribution in [0.5, 0.6) is 0 Å². The molecule has 0 atom stereocenters. The monoisotopic (exact) mass is 306 g/mol. The number of aryl methyl sites for hydroxylation is 1. The molecule has 0 fully saturated rings. The zero-order chi connectivity index (χ0) is 15.3. The average molecular weight is 306 g/mol. The Balaban J connectivity index is 2.23. The van der Waals surface area contributed by atoms with Crippen LogP contribution in [0, 0.1) is 18.8 Å². The average Bonchev–Trinajstić information content (AvgIpc) is 2.89. The van der Waals surface area contributed by atoms with Gasteiger partial charge < -0.3 is 9.63 Å². The lowest BCUT2D eigenvalue weighted by atomic mass is 10.2. The minimum absolute atomic E-state index is 0.00490. The molecule has 110 valence electrons. The predicted molar refractivity (Wildman–Crippen MR) is 75.7 cm³/mol. The third kappa shape index (κ3) is 3.92. The smallest absolute Gasteiger partial charge is 0.242 e. The van der Waals surface area contributed by atoms with Crippen molar-refractivity contribution in [3.8, 4) is 11.8 Å². The molecule has 2 rings (SSSR count). The number of sulfonamides is 1.